The number of carbonyl (C=O) groups excluding carboxylic acids is 1. The van der Waals surface area contributed by atoms with Gasteiger partial charge in [0.1, 0.15) is 6.10 Å². The lowest BCUT2D eigenvalue weighted by Gasteiger charge is -2.39. The summed E-state index contributed by atoms with van der Waals surface area (Å²) in [4.78, 5) is 26.3. The number of rotatable bonds is 4. The van der Waals surface area contributed by atoms with Gasteiger partial charge in [-0.2, -0.15) is 13.2 Å². The molecular weight excluding hydrogens is 459 g/mol. The first kappa shape index (κ1) is 23.5. The van der Waals surface area contributed by atoms with E-state index in [1.54, 1.807) is 36.1 Å². The van der Waals surface area contributed by atoms with Gasteiger partial charge in [0.2, 0.25) is 0 Å². The maximum Gasteiger partial charge on any atom is 0.417 e. The molecule has 1 aliphatic rings. The molecule has 1 amide bonds. The molecule has 0 bridgehead atoms. The number of hydrogen-bond donors (Lipinski definition) is 0. The maximum absolute atomic E-state index is 14.2. The van der Waals surface area contributed by atoms with E-state index < -0.39 is 41.4 Å². The molecule has 2 atom stereocenters. The normalized spacial score (nSPS) is 18.6. The van der Waals surface area contributed by atoms with Gasteiger partial charge in [-0.3, -0.25) is 4.79 Å². The third-order valence-corrected chi connectivity index (χ3v) is 5.59. The molecule has 34 heavy (non-hydrogen) atoms. The molecular formula is C23H19F5N4O2. The van der Waals surface area contributed by atoms with Crippen LogP contribution in [0, 0.1) is 11.6 Å². The second-order valence-electron chi connectivity index (χ2n) is 7.82. The number of nitrogens with zero attached hydrogens (tertiary/aromatic N) is 4. The quantitative estimate of drug-likeness (QED) is 0.499. The summed E-state index contributed by atoms with van der Waals surface area (Å²) in [5.41, 5.74) is -0.510. The summed E-state index contributed by atoms with van der Waals surface area (Å²) in [7, 11) is 0. The van der Waals surface area contributed by atoms with Crippen molar-refractivity contribution in [2.75, 3.05) is 6.54 Å². The molecule has 3 aromatic rings. The van der Waals surface area contributed by atoms with Crippen LogP contribution in [0.3, 0.4) is 0 Å². The highest BCUT2D eigenvalue weighted by Crippen LogP contribution is 2.32. The standard InChI is InChI=1S/C23H19F5N4O2/c1-13-19(34-21-18(25)9-14(10-31-21)23(26,27)28)7-4-8-32(13)22(33)17-6-3-2-5-16(17)20-29-11-15(24)12-30-20/h2-3,5-6,9-13,19H,4,7-8H2,1H3/t13-,19+/m0/s1. The third kappa shape index (κ3) is 4.82. The van der Waals surface area contributed by atoms with E-state index in [0.29, 0.717) is 42.8 Å². The van der Waals surface area contributed by atoms with Crippen molar-refractivity contribution in [2.45, 2.75) is 38.1 Å². The minimum absolute atomic E-state index is 0.179. The molecule has 0 spiro atoms. The molecule has 178 valence electrons. The average Bonchev–Trinajstić information content (AvgIpc) is 2.81. The van der Waals surface area contributed by atoms with Crippen molar-refractivity contribution in [1.82, 2.24) is 19.9 Å². The Kier molecular flexibility index (Phi) is 6.45. The van der Waals surface area contributed by atoms with Crippen molar-refractivity contribution in [3.05, 3.63) is 71.7 Å². The first-order valence-corrected chi connectivity index (χ1v) is 10.4. The molecule has 0 aliphatic carbocycles. The van der Waals surface area contributed by atoms with Crippen LogP contribution in [-0.4, -0.2) is 44.4 Å². The molecule has 6 nitrogen and oxygen atoms in total. The van der Waals surface area contributed by atoms with Crippen LogP contribution in [0.4, 0.5) is 22.0 Å². The van der Waals surface area contributed by atoms with Gasteiger partial charge in [0.15, 0.2) is 17.5 Å². The van der Waals surface area contributed by atoms with Crippen LogP contribution >= 0.6 is 0 Å². The van der Waals surface area contributed by atoms with E-state index in [0.717, 1.165) is 12.4 Å². The van der Waals surface area contributed by atoms with E-state index in [-0.39, 0.29) is 11.7 Å². The lowest BCUT2D eigenvalue weighted by molar-refractivity contribution is -0.138. The zero-order valence-electron chi connectivity index (χ0n) is 17.9. The molecule has 0 saturated carbocycles. The molecule has 0 N–H and O–H groups in total. The largest absolute Gasteiger partial charge is 0.470 e. The van der Waals surface area contributed by atoms with Gasteiger partial charge < -0.3 is 9.64 Å². The summed E-state index contributed by atoms with van der Waals surface area (Å²) in [6.45, 7) is 2.10. The van der Waals surface area contributed by atoms with Crippen molar-refractivity contribution in [2.24, 2.45) is 0 Å². The van der Waals surface area contributed by atoms with Crippen LogP contribution in [0.15, 0.2) is 48.9 Å². The number of pyridine rings is 1. The third-order valence-electron chi connectivity index (χ3n) is 5.59. The van der Waals surface area contributed by atoms with E-state index >= 15 is 0 Å². The highest BCUT2D eigenvalue weighted by Gasteiger charge is 2.36. The van der Waals surface area contributed by atoms with Crippen LogP contribution in [0.2, 0.25) is 0 Å². The smallest absolute Gasteiger partial charge is 0.417 e. The van der Waals surface area contributed by atoms with E-state index in [9.17, 15) is 26.7 Å². The summed E-state index contributed by atoms with van der Waals surface area (Å²) >= 11 is 0. The molecule has 3 heterocycles. The maximum atomic E-state index is 14.2. The first-order chi connectivity index (χ1) is 16.1. The monoisotopic (exact) mass is 478 g/mol. The fraction of sp³-hybridized carbons (Fsp3) is 0.304. The minimum Gasteiger partial charge on any atom is -0.470 e. The zero-order valence-corrected chi connectivity index (χ0v) is 17.9. The molecule has 0 unspecified atom stereocenters. The van der Waals surface area contributed by atoms with Gasteiger partial charge >= 0.3 is 6.18 Å². The second kappa shape index (κ2) is 9.32. The van der Waals surface area contributed by atoms with Crippen LogP contribution in [0.1, 0.15) is 35.7 Å². The Bertz CT molecular complexity index is 1190. The van der Waals surface area contributed by atoms with E-state index in [1.165, 1.54) is 0 Å². The van der Waals surface area contributed by atoms with Crippen molar-refractivity contribution >= 4 is 5.91 Å². The number of carbonyl (C=O) groups is 1. The van der Waals surface area contributed by atoms with Gasteiger partial charge in [0.25, 0.3) is 11.8 Å². The summed E-state index contributed by atoms with van der Waals surface area (Å²) < 4.78 is 71.4. The Balaban J connectivity index is 1.56. The van der Waals surface area contributed by atoms with Crippen LogP contribution in [0.25, 0.3) is 11.4 Å². The summed E-state index contributed by atoms with van der Waals surface area (Å²) in [6.07, 6.45) is -1.92. The van der Waals surface area contributed by atoms with Crippen LogP contribution < -0.4 is 4.74 Å². The molecule has 1 aromatic carbocycles. The van der Waals surface area contributed by atoms with Crippen LogP contribution in [0.5, 0.6) is 5.88 Å². The van der Waals surface area contributed by atoms with Gasteiger partial charge in [0.05, 0.1) is 29.6 Å². The van der Waals surface area contributed by atoms with E-state index in [2.05, 4.69) is 15.0 Å². The van der Waals surface area contributed by atoms with Gasteiger partial charge in [0, 0.05) is 18.3 Å². The van der Waals surface area contributed by atoms with E-state index in [1.807, 2.05) is 0 Å². The van der Waals surface area contributed by atoms with Crippen molar-refractivity contribution in [1.29, 1.82) is 0 Å². The average molecular weight is 478 g/mol. The number of alkyl halides is 3. The lowest BCUT2D eigenvalue weighted by Crippen LogP contribution is -2.51. The predicted octanol–water partition coefficient (Wildman–Crippen LogP) is 4.91. The fourth-order valence-corrected chi connectivity index (χ4v) is 3.83. The molecule has 11 heteroatoms. The van der Waals surface area contributed by atoms with E-state index in [4.69, 9.17) is 4.74 Å². The van der Waals surface area contributed by atoms with Crippen LogP contribution in [-0.2, 0) is 6.18 Å². The lowest BCUT2D eigenvalue weighted by atomic mass is 9.97. The van der Waals surface area contributed by atoms with Gasteiger partial charge in [-0.05, 0) is 31.9 Å². The number of likely N-dealkylation sites (tertiary alicyclic amines) is 1. The SMILES string of the molecule is C[C@H]1[C@H](Oc2ncc(C(F)(F)F)cc2F)CCCN1C(=O)c1ccccc1-c1ncc(F)cn1. The van der Waals surface area contributed by atoms with Crippen molar-refractivity contribution in [3.8, 4) is 17.3 Å². The summed E-state index contributed by atoms with van der Waals surface area (Å²) in [6, 6.07) is 6.40. The first-order valence-electron chi connectivity index (χ1n) is 10.4. The molecule has 2 aromatic heterocycles. The molecule has 4 rings (SSSR count). The number of piperidine rings is 1. The van der Waals surface area contributed by atoms with Crippen molar-refractivity contribution in [3.63, 3.8) is 0 Å². The van der Waals surface area contributed by atoms with Gasteiger partial charge in [-0.25, -0.2) is 23.7 Å². The van der Waals surface area contributed by atoms with Gasteiger partial charge in [-0.15, -0.1) is 0 Å². The number of benzene rings is 1. The van der Waals surface area contributed by atoms with Gasteiger partial charge in [-0.1, -0.05) is 18.2 Å². The van der Waals surface area contributed by atoms with Crippen molar-refractivity contribution < 1.29 is 31.5 Å². The predicted molar refractivity (Wildman–Crippen MR) is 111 cm³/mol. The summed E-state index contributed by atoms with van der Waals surface area (Å²) in [5.74, 6) is -2.58. The minimum atomic E-state index is -4.73. The summed E-state index contributed by atoms with van der Waals surface area (Å²) in [5, 5.41) is 0. The molecule has 1 saturated heterocycles. The molecule has 1 fully saturated rings. The Morgan fingerprint density at radius 3 is 2.47 bits per heavy atom. The number of halogens is 5. The Hall–Kier alpha value is -3.63. The highest BCUT2D eigenvalue weighted by atomic mass is 19.4. The highest BCUT2D eigenvalue weighted by molar-refractivity contribution is 6.00. The number of hydrogen-bond acceptors (Lipinski definition) is 5. The Labute approximate surface area is 191 Å². The zero-order chi connectivity index (χ0) is 24.5. The Morgan fingerprint density at radius 1 is 1.09 bits per heavy atom. The number of ether oxygens (including phenoxy) is 1. The Morgan fingerprint density at radius 2 is 1.79 bits per heavy atom. The number of aromatic nitrogens is 3. The molecule has 1 aliphatic heterocycles. The second-order valence-corrected chi connectivity index (χ2v) is 7.82. The molecule has 0 radical (unpaired) electrons. The number of amides is 1. The topological polar surface area (TPSA) is 68.2 Å². The fourth-order valence-electron chi connectivity index (χ4n) is 3.83.